The Bertz CT molecular complexity index is 911. The fourth-order valence-electron chi connectivity index (χ4n) is 2.19. The molecule has 2 aromatic rings. The molecule has 0 fully saturated rings. The maximum Gasteiger partial charge on any atom is 0.285 e. The maximum atomic E-state index is 13.3. The van der Waals surface area contributed by atoms with Gasteiger partial charge in [0, 0.05) is 5.69 Å². The number of benzene rings is 2. The number of hydrogen-bond donors (Lipinski definition) is 1. The van der Waals surface area contributed by atoms with Crippen LogP contribution in [0.15, 0.2) is 58.4 Å². The fraction of sp³-hybridized carbons (Fsp3) is 0.105. The van der Waals surface area contributed by atoms with Crippen molar-refractivity contribution in [3.8, 4) is 0 Å². The summed E-state index contributed by atoms with van der Waals surface area (Å²) in [6.45, 7) is 1.79. The molecule has 0 bridgehead atoms. The van der Waals surface area contributed by atoms with Crippen molar-refractivity contribution in [2.24, 2.45) is 4.99 Å². The summed E-state index contributed by atoms with van der Waals surface area (Å²) >= 11 is 2.44. The van der Waals surface area contributed by atoms with Gasteiger partial charge < -0.3 is 5.32 Å². The Labute approximate surface area is 159 Å². The van der Waals surface area contributed by atoms with E-state index >= 15 is 0 Å². The molecule has 4 nitrogen and oxygen atoms in total. The van der Waals surface area contributed by atoms with Gasteiger partial charge in [0.15, 0.2) is 0 Å². The average Bonchev–Trinajstić information content (AvgIpc) is 2.97. The monoisotopic (exact) mass is 386 g/mol. The van der Waals surface area contributed by atoms with Crippen molar-refractivity contribution in [3.63, 3.8) is 0 Å². The van der Waals surface area contributed by atoms with Gasteiger partial charge in [0.1, 0.15) is 10.2 Å². The zero-order valence-corrected chi connectivity index (χ0v) is 15.5. The van der Waals surface area contributed by atoms with E-state index in [1.807, 2.05) is 30.3 Å². The van der Waals surface area contributed by atoms with E-state index in [2.05, 4.69) is 10.3 Å². The van der Waals surface area contributed by atoms with Crippen LogP contribution in [-0.2, 0) is 9.59 Å². The largest absolute Gasteiger partial charge is 0.325 e. The van der Waals surface area contributed by atoms with Crippen molar-refractivity contribution in [2.75, 3.05) is 11.1 Å². The number of hydrogen-bond acceptors (Lipinski definition) is 4. The van der Waals surface area contributed by atoms with Crippen LogP contribution in [-0.4, -0.2) is 21.9 Å². The number of carbonyl (C=O) groups is 2. The molecule has 3 rings (SSSR count). The summed E-state index contributed by atoms with van der Waals surface area (Å²) in [7, 11) is 0. The maximum absolute atomic E-state index is 13.3. The Morgan fingerprint density at radius 2 is 2.04 bits per heavy atom. The van der Waals surface area contributed by atoms with Crippen molar-refractivity contribution in [3.05, 3.63) is 70.4 Å². The molecular formula is C19H15FN2O2S2. The first-order valence-corrected chi connectivity index (χ1v) is 9.58. The summed E-state index contributed by atoms with van der Waals surface area (Å²) < 4.78 is 13.8. The van der Waals surface area contributed by atoms with Crippen molar-refractivity contribution in [2.45, 2.75) is 6.92 Å². The van der Waals surface area contributed by atoms with E-state index in [1.165, 1.54) is 35.7 Å². The first kappa shape index (κ1) is 18.4. The lowest BCUT2D eigenvalue weighted by Gasteiger charge is -2.08. The minimum Gasteiger partial charge on any atom is -0.325 e. The number of rotatable bonds is 4. The van der Waals surface area contributed by atoms with E-state index in [0.29, 0.717) is 15.0 Å². The van der Waals surface area contributed by atoms with Crippen molar-refractivity contribution in [1.82, 2.24) is 0 Å². The van der Waals surface area contributed by atoms with E-state index < -0.39 is 5.82 Å². The third-order valence-electron chi connectivity index (χ3n) is 3.50. The lowest BCUT2D eigenvalue weighted by atomic mass is 10.2. The molecule has 132 valence electrons. The zero-order valence-electron chi connectivity index (χ0n) is 13.9. The minimum absolute atomic E-state index is 0.0910. The molecule has 26 heavy (non-hydrogen) atoms. The zero-order chi connectivity index (χ0) is 18.5. The van der Waals surface area contributed by atoms with Gasteiger partial charge in [-0.3, -0.25) is 9.59 Å². The molecule has 0 aromatic heterocycles. The first-order valence-electron chi connectivity index (χ1n) is 7.78. The molecule has 0 radical (unpaired) electrons. The van der Waals surface area contributed by atoms with Gasteiger partial charge in [-0.15, -0.1) is 0 Å². The van der Waals surface area contributed by atoms with Crippen LogP contribution in [0, 0.1) is 12.7 Å². The van der Waals surface area contributed by atoms with Crippen LogP contribution < -0.4 is 5.32 Å². The predicted molar refractivity (Wildman–Crippen MR) is 107 cm³/mol. The highest BCUT2D eigenvalue weighted by atomic mass is 32.2. The highest BCUT2D eigenvalue weighted by molar-refractivity contribution is 8.41. The van der Waals surface area contributed by atoms with Gasteiger partial charge in [0.2, 0.25) is 5.91 Å². The van der Waals surface area contributed by atoms with Gasteiger partial charge in [-0.25, -0.2) is 4.39 Å². The molecule has 0 saturated heterocycles. The molecule has 1 heterocycles. The fourth-order valence-corrected chi connectivity index (χ4v) is 4.00. The molecule has 0 spiro atoms. The van der Waals surface area contributed by atoms with Gasteiger partial charge in [-0.2, -0.15) is 4.99 Å². The van der Waals surface area contributed by atoms with E-state index in [-0.39, 0.29) is 17.6 Å². The summed E-state index contributed by atoms with van der Waals surface area (Å²) in [6.07, 6.45) is 1.78. The molecule has 2 amide bonds. The molecular weight excluding hydrogens is 371 g/mol. The van der Waals surface area contributed by atoms with Crippen LogP contribution in [0.1, 0.15) is 11.1 Å². The van der Waals surface area contributed by atoms with Crippen molar-refractivity contribution in [1.29, 1.82) is 0 Å². The van der Waals surface area contributed by atoms with Gasteiger partial charge in [0.25, 0.3) is 5.91 Å². The number of amides is 2. The second-order valence-corrected chi connectivity index (χ2v) is 7.75. The SMILES string of the molecule is Cc1ccc(F)cc1NC(=O)CSC1=NC(=O)/C(=C\c2ccccc2)S1. The van der Waals surface area contributed by atoms with Crippen molar-refractivity contribution >= 4 is 51.5 Å². The summed E-state index contributed by atoms with van der Waals surface area (Å²) in [4.78, 5) is 28.5. The minimum atomic E-state index is -0.407. The lowest BCUT2D eigenvalue weighted by molar-refractivity contribution is -0.114. The number of carbonyl (C=O) groups excluding carboxylic acids is 2. The molecule has 2 aromatic carbocycles. The molecule has 0 atom stereocenters. The summed E-state index contributed by atoms with van der Waals surface area (Å²) in [5, 5.41) is 2.67. The van der Waals surface area contributed by atoms with E-state index in [0.717, 1.165) is 11.1 Å². The summed E-state index contributed by atoms with van der Waals surface area (Å²) in [5.41, 5.74) is 2.14. The Morgan fingerprint density at radius 1 is 1.27 bits per heavy atom. The van der Waals surface area contributed by atoms with Crippen molar-refractivity contribution < 1.29 is 14.0 Å². The Kier molecular flexibility index (Phi) is 5.90. The van der Waals surface area contributed by atoms with E-state index in [1.54, 1.807) is 19.1 Å². The van der Waals surface area contributed by atoms with Gasteiger partial charge in [-0.1, -0.05) is 59.9 Å². The third-order valence-corrected chi connectivity index (χ3v) is 5.63. The number of aryl methyl sites for hydroxylation is 1. The molecule has 0 aliphatic carbocycles. The van der Waals surface area contributed by atoms with Crippen LogP contribution in [0.2, 0.25) is 0 Å². The second kappa shape index (κ2) is 8.33. The second-order valence-electron chi connectivity index (χ2n) is 5.50. The average molecular weight is 386 g/mol. The van der Waals surface area contributed by atoms with Gasteiger partial charge >= 0.3 is 0 Å². The topological polar surface area (TPSA) is 58.5 Å². The number of halogens is 1. The number of nitrogens with zero attached hydrogens (tertiary/aromatic N) is 1. The smallest absolute Gasteiger partial charge is 0.285 e. The quantitative estimate of drug-likeness (QED) is 0.788. The van der Waals surface area contributed by atoms with Crippen LogP contribution in [0.5, 0.6) is 0 Å². The lowest BCUT2D eigenvalue weighted by Crippen LogP contribution is -2.15. The molecule has 1 aliphatic heterocycles. The van der Waals surface area contributed by atoms with Gasteiger partial charge in [-0.05, 0) is 36.3 Å². The Hall–Kier alpha value is -2.38. The van der Waals surface area contributed by atoms with E-state index in [4.69, 9.17) is 0 Å². The molecule has 1 aliphatic rings. The highest BCUT2D eigenvalue weighted by Gasteiger charge is 2.22. The number of nitrogens with one attached hydrogen (secondary N) is 1. The third kappa shape index (κ3) is 4.83. The molecule has 0 unspecified atom stereocenters. The standard InChI is InChI=1S/C19H15FN2O2S2/c1-12-7-8-14(20)10-15(12)21-17(23)11-25-19-22-18(24)16(26-19)9-13-5-3-2-4-6-13/h2-10H,11H2,1H3,(H,21,23)/b16-9+. The van der Waals surface area contributed by atoms with E-state index in [9.17, 15) is 14.0 Å². The Morgan fingerprint density at radius 3 is 2.81 bits per heavy atom. The molecule has 0 saturated carbocycles. The van der Waals surface area contributed by atoms with Crippen LogP contribution in [0.25, 0.3) is 6.08 Å². The summed E-state index contributed by atoms with van der Waals surface area (Å²) in [6, 6.07) is 13.7. The molecule has 1 N–H and O–H groups in total. The van der Waals surface area contributed by atoms with Gasteiger partial charge in [0.05, 0.1) is 10.7 Å². The normalized spacial score (nSPS) is 15.2. The predicted octanol–water partition coefficient (Wildman–Crippen LogP) is 4.48. The highest BCUT2D eigenvalue weighted by Crippen LogP contribution is 2.33. The summed E-state index contributed by atoms with van der Waals surface area (Å²) in [5.74, 6) is -0.897. The van der Waals surface area contributed by atoms with Crippen LogP contribution >= 0.6 is 23.5 Å². The number of aliphatic imine (C=N–C) groups is 1. The van der Waals surface area contributed by atoms with Crippen LogP contribution in [0.4, 0.5) is 10.1 Å². The number of thioether (sulfide) groups is 2. The molecule has 7 heteroatoms. The Balaban J connectivity index is 1.56. The van der Waals surface area contributed by atoms with Crippen LogP contribution in [0.3, 0.4) is 0 Å². The number of anilines is 1. The first-order chi connectivity index (χ1) is 12.5.